The number of benzene rings is 1. The van der Waals surface area contributed by atoms with E-state index in [4.69, 9.17) is 4.74 Å². The number of rotatable bonds is 3. The first-order valence-corrected chi connectivity index (χ1v) is 6.41. The average molecular weight is 267 g/mol. The predicted octanol–water partition coefficient (Wildman–Crippen LogP) is 2.68. The monoisotopic (exact) mass is 267 g/mol. The molecule has 104 valence electrons. The molecule has 0 bridgehead atoms. The molecule has 0 spiro atoms. The zero-order valence-corrected chi connectivity index (χ0v) is 11.0. The molecule has 0 radical (unpaired) electrons. The summed E-state index contributed by atoms with van der Waals surface area (Å²) in [6.45, 7) is 1.81. The Morgan fingerprint density at radius 2 is 2.05 bits per heavy atom. The summed E-state index contributed by atoms with van der Waals surface area (Å²) in [7, 11) is 1.38. The molecular formula is C14H18FNO3. The maximum Gasteiger partial charge on any atom is 0.409 e. The summed E-state index contributed by atoms with van der Waals surface area (Å²) in [6, 6.07) is 6.39. The van der Waals surface area contributed by atoms with E-state index in [0.717, 1.165) is 12.8 Å². The lowest BCUT2D eigenvalue weighted by Gasteiger charge is -2.30. The van der Waals surface area contributed by atoms with Gasteiger partial charge >= 0.3 is 6.09 Å². The fourth-order valence-electron chi connectivity index (χ4n) is 2.18. The minimum atomic E-state index is -0.338. The van der Waals surface area contributed by atoms with Gasteiger partial charge in [0, 0.05) is 13.1 Å². The smallest absolute Gasteiger partial charge is 0.409 e. The van der Waals surface area contributed by atoms with Crippen molar-refractivity contribution in [3.8, 4) is 5.75 Å². The minimum Gasteiger partial charge on any atom is -0.490 e. The normalized spacial score (nSPS) is 16.2. The minimum absolute atomic E-state index is 0.284. The third kappa shape index (κ3) is 3.59. The van der Waals surface area contributed by atoms with Crippen LogP contribution in [-0.4, -0.2) is 37.8 Å². The van der Waals surface area contributed by atoms with E-state index in [1.807, 2.05) is 0 Å². The largest absolute Gasteiger partial charge is 0.490 e. The SMILES string of the molecule is COC(=O)N1CCC(COc2ccccc2F)CC1. The molecule has 0 N–H and O–H groups in total. The Hall–Kier alpha value is -1.78. The number of hydrogen-bond acceptors (Lipinski definition) is 3. The summed E-state index contributed by atoms with van der Waals surface area (Å²) < 4.78 is 23.5. The van der Waals surface area contributed by atoms with Crippen LogP contribution in [0.5, 0.6) is 5.75 Å². The molecule has 4 nitrogen and oxygen atoms in total. The van der Waals surface area contributed by atoms with E-state index in [2.05, 4.69) is 4.74 Å². The van der Waals surface area contributed by atoms with Gasteiger partial charge in [0.15, 0.2) is 11.6 Å². The van der Waals surface area contributed by atoms with Gasteiger partial charge in [0.25, 0.3) is 0 Å². The van der Waals surface area contributed by atoms with Gasteiger partial charge < -0.3 is 14.4 Å². The molecule has 0 aromatic heterocycles. The van der Waals surface area contributed by atoms with Crippen molar-refractivity contribution in [1.29, 1.82) is 0 Å². The molecule has 0 aliphatic carbocycles. The zero-order chi connectivity index (χ0) is 13.7. The molecule has 1 aromatic carbocycles. The average Bonchev–Trinajstić information content (AvgIpc) is 2.46. The number of ether oxygens (including phenoxy) is 2. The van der Waals surface area contributed by atoms with Gasteiger partial charge in [0.1, 0.15) is 0 Å². The van der Waals surface area contributed by atoms with Crippen LogP contribution < -0.4 is 4.74 Å². The molecule has 0 saturated carbocycles. The molecule has 1 heterocycles. The number of nitrogens with zero attached hydrogens (tertiary/aromatic N) is 1. The highest BCUT2D eigenvalue weighted by molar-refractivity contribution is 5.67. The van der Waals surface area contributed by atoms with Crippen molar-refractivity contribution < 1.29 is 18.7 Å². The third-order valence-corrected chi connectivity index (χ3v) is 3.36. The summed E-state index contributed by atoms with van der Waals surface area (Å²) in [5, 5.41) is 0. The molecule has 1 amide bonds. The van der Waals surface area contributed by atoms with E-state index >= 15 is 0 Å². The van der Waals surface area contributed by atoms with E-state index in [9.17, 15) is 9.18 Å². The molecule has 2 rings (SSSR count). The van der Waals surface area contributed by atoms with E-state index in [1.54, 1.807) is 23.1 Å². The van der Waals surface area contributed by atoms with Crippen LogP contribution in [0, 0.1) is 11.7 Å². The lowest BCUT2D eigenvalue weighted by Crippen LogP contribution is -2.39. The standard InChI is InChI=1S/C14H18FNO3/c1-18-14(17)16-8-6-11(7-9-16)10-19-13-5-3-2-4-12(13)15/h2-5,11H,6-10H2,1H3. The Labute approximate surface area is 112 Å². The predicted molar refractivity (Wildman–Crippen MR) is 68.6 cm³/mol. The second-order valence-electron chi connectivity index (χ2n) is 4.64. The number of amides is 1. The second kappa shape index (κ2) is 6.41. The molecular weight excluding hydrogens is 249 g/mol. The van der Waals surface area contributed by atoms with Crippen LogP contribution in [0.25, 0.3) is 0 Å². The third-order valence-electron chi connectivity index (χ3n) is 3.36. The topological polar surface area (TPSA) is 38.8 Å². The lowest BCUT2D eigenvalue weighted by atomic mass is 9.98. The molecule has 0 atom stereocenters. The van der Waals surface area contributed by atoms with Crippen molar-refractivity contribution in [2.45, 2.75) is 12.8 Å². The van der Waals surface area contributed by atoms with E-state index in [-0.39, 0.29) is 17.7 Å². The van der Waals surface area contributed by atoms with Gasteiger partial charge in [-0.15, -0.1) is 0 Å². The van der Waals surface area contributed by atoms with Gasteiger partial charge in [0.05, 0.1) is 13.7 Å². The van der Waals surface area contributed by atoms with E-state index in [0.29, 0.717) is 25.6 Å². The van der Waals surface area contributed by atoms with Gasteiger partial charge in [-0.05, 0) is 30.9 Å². The highest BCUT2D eigenvalue weighted by Crippen LogP contribution is 2.21. The highest BCUT2D eigenvalue weighted by Gasteiger charge is 2.23. The van der Waals surface area contributed by atoms with Crippen molar-refractivity contribution in [2.75, 3.05) is 26.8 Å². The van der Waals surface area contributed by atoms with Crippen molar-refractivity contribution in [1.82, 2.24) is 4.90 Å². The van der Waals surface area contributed by atoms with Gasteiger partial charge in [0.2, 0.25) is 0 Å². The van der Waals surface area contributed by atoms with E-state index in [1.165, 1.54) is 13.2 Å². The Morgan fingerprint density at radius 3 is 2.68 bits per heavy atom. The summed E-state index contributed by atoms with van der Waals surface area (Å²) in [5.41, 5.74) is 0. The number of halogens is 1. The second-order valence-corrected chi connectivity index (χ2v) is 4.64. The fourth-order valence-corrected chi connectivity index (χ4v) is 2.18. The van der Waals surface area contributed by atoms with Gasteiger partial charge in [-0.1, -0.05) is 12.1 Å². The van der Waals surface area contributed by atoms with Crippen LogP contribution >= 0.6 is 0 Å². The quantitative estimate of drug-likeness (QED) is 0.845. The highest BCUT2D eigenvalue weighted by atomic mass is 19.1. The Kier molecular flexibility index (Phi) is 4.60. The Balaban J connectivity index is 1.77. The lowest BCUT2D eigenvalue weighted by molar-refractivity contribution is 0.0960. The molecule has 1 saturated heterocycles. The number of piperidine rings is 1. The fraction of sp³-hybridized carbons (Fsp3) is 0.500. The first kappa shape index (κ1) is 13.6. The zero-order valence-electron chi connectivity index (χ0n) is 11.0. The Morgan fingerprint density at radius 1 is 1.37 bits per heavy atom. The molecule has 1 fully saturated rings. The Bertz CT molecular complexity index is 430. The van der Waals surface area contributed by atoms with Crippen LogP contribution in [0.4, 0.5) is 9.18 Å². The molecule has 1 aromatic rings. The number of carbonyl (C=O) groups excluding carboxylic acids is 1. The molecule has 1 aliphatic heterocycles. The number of carbonyl (C=O) groups is 1. The molecule has 5 heteroatoms. The van der Waals surface area contributed by atoms with Crippen molar-refractivity contribution in [2.24, 2.45) is 5.92 Å². The van der Waals surface area contributed by atoms with Crippen molar-refractivity contribution >= 4 is 6.09 Å². The van der Waals surface area contributed by atoms with Gasteiger partial charge in [-0.3, -0.25) is 0 Å². The first-order chi connectivity index (χ1) is 9.20. The van der Waals surface area contributed by atoms with Crippen LogP contribution in [-0.2, 0) is 4.74 Å². The summed E-state index contributed by atoms with van der Waals surface area (Å²) in [4.78, 5) is 13.0. The number of hydrogen-bond donors (Lipinski definition) is 0. The van der Waals surface area contributed by atoms with Crippen LogP contribution in [0.15, 0.2) is 24.3 Å². The van der Waals surface area contributed by atoms with Gasteiger partial charge in [-0.25, -0.2) is 9.18 Å². The summed E-state index contributed by atoms with van der Waals surface area (Å²) >= 11 is 0. The number of para-hydroxylation sites is 1. The number of methoxy groups -OCH3 is 1. The van der Waals surface area contributed by atoms with Crippen LogP contribution in [0.2, 0.25) is 0 Å². The first-order valence-electron chi connectivity index (χ1n) is 6.41. The van der Waals surface area contributed by atoms with Gasteiger partial charge in [-0.2, -0.15) is 0 Å². The summed E-state index contributed by atoms with van der Waals surface area (Å²) in [6.07, 6.45) is 1.42. The number of likely N-dealkylation sites (tertiary alicyclic amines) is 1. The molecule has 1 aliphatic rings. The summed E-state index contributed by atoms with van der Waals surface area (Å²) in [5.74, 6) is 0.299. The van der Waals surface area contributed by atoms with Crippen molar-refractivity contribution in [3.63, 3.8) is 0 Å². The van der Waals surface area contributed by atoms with Crippen molar-refractivity contribution in [3.05, 3.63) is 30.1 Å². The molecule has 0 unspecified atom stereocenters. The maximum atomic E-state index is 13.4. The van der Waals surface area contributed by atoms with E-state index < -0.39 is 0 Å². The van der Waals surface area contributed by atoms with Crippen LogP contribution in [0.1, 0.15) is 12.8 Å². The van der Waals surface area contributed by atoms with Crippen LogP contribution in [0.3, 0.4) is 0 Å². The maximum absolute atomic E-state index is 13.4. The molecule has 19 heavy (non-hydrogen) atoms.